The van der Waals surface area contributed by atoms with Gasteiger partial charge in [-0.3, -0.25) is 4.79 Å². The molecule has 0 atom stereocenters. The van der Waals surface area contributed by atoms with Gasteiger partial charge in [-0.25, -0.2) is 4.99 Å². The molecule has 4 heteroatoms. The molecule has 0 aromatic heterocycles. The van der Waals surface area contributed by atoms with Crippen molar-refractivity contribution in [1.29, 1.82) is 0 Å². The Kier molecular flexibility index (Phi) is 4.92. The van der Waals surface area contributed by atoms with E-state index in [4.69, 9.17) is 0 Å². The van der Waals surface area contributed by atoms with Crippen molar-refractivity contribution in [1.82, 2.24) is 5.32 Å². The molecule has 1 aromatic carbocycles. The van der Waals surface area contributed by atoms with Crippen LogP contribution in [0.3, 0.4) is 0 Å². The van der Waals surface area contributed by atoms with Crippen LogP contribution in [0.1, 0.15) is 18.4 Å². The number of hydrogen-bond acceptors (Lipinski definition) is 3. The Hall–Kier alpha value is -1.97. The van der Waals surface area contributed by atoms with Crippen LogP contribution in [0.4, 0.5) is 5.69 Å². The van der Waals surface area contributed by atoms with Gasteiger partial charge in [0.05, 0.1) is 5.69 Å². The fourth-order valence-corrected chi connectivity index (χ4v) is 1.26. The average molecular weight is 218 g/mol. The Labute approximate surface area is 94.4 Å². The summed E-state index contributed by atoms with van der Waals surface area (Å²) in [7, 11) is 0. The minimum Gasteiger partial charge on any atom is -0.317 e. The lowest BCUT2D eigenvalue weighted by molar-refractivity contribution is -0.109. The highest BCUT2D eigenvalue weighted by Gasteiger charge is 2.00. The zero-order chi connectivity index (χ0) is 11.8. The van der Waals surface area contributed by atoms with E-state index in [9.17, 15) is 9.59 Å². The third-order valence-corrected chi connectivity index (χ3v) is 2.10. The summed E-state index contributed by atoms with van der Waals surface area (Å²) in [5.74, 6) is 0.511. The molecule has 0 aliphatic heterocycles. The average Bonchev–Trinajstić information content (AvgIpc) is 2.29. The summed E-state index contributed by atoms with van der Waals surface area (Å²) >= 11 is 0. The maximum atomic E-state index is 10.4. The molecule has 0 fully saturated rings. The van der Waals surface area contributed by atoms with E-state index >= 15 is 0 Å². The quantitative estimate of drug-likeness (QED) is 0.465. The predicted octanol–water partition coefficient (Wildman–Crippen LogP) is 1.75. The molecule has 0 bridgehead atoms. The molecule has 4 nitrogen and oxygen atoms in total. The lowest BCUT2D eigenvalue weighted by atomic mass is 10.2. The normalized spacial score (nSPS) is 10.9. The van der Waals surface area contributed by atoms with Crippen molar-refractivity contribution in [2.24, 2.45) is 4.99 Å². The van der Waals surface area contributed by atoms with Gasteiger partial charge in [0.25, 0.3) is 0 Å². The van der Waals surface area contributed by atoms with Crippen LogP contribution in [0.2, 0.25) is 0 Å². The third kappa shape index (κ3) is 3.65. The van der Waals surface area contributed by atoms with Crippen LogP contribution >= 0.6 is 0 Å². The number of nitrogens with zero attached hydrogens (tertiary/aromatic N) is 1. The topological polar surface area (TPSA) is 58.5 Å². The summed E-state index contributed by atoms with van der Waals surface area (Å²) in [6.07, 6.45) is 2.17. The number of aryl methyl sites for hydroxylation is 1. The minimum atomic E-state index is 0.353. The van der Waals surface area contributed by atoms with E-state index in [-0.39, 0.29) is 0 Å². The Morgan fingerprint density at radius 2 is 2.12 bits per heavy atom. The Morgan fingerprint density at radius 3 is 2.75 bits per heavy atom. The molecule has 0 heterocycles. The van der Waals surface area contributed by atoms with Crippen LogP contribution in [0.15, 0.2) is 29.3 Å². The van der Waals surface area contributed by atoms with Crippen molar-refractivity contribution in [3.63, 3.8) is 0 Å². The lowest BCUT2D eigenvalue weighted by Crippen LogP contribution is -2.21. The highest BCUT2D eigenvalue weighted by atomic mass is 16.1. The minimum absolute atomic E-state index is 0.353. The zero-order valence-corrected chi connectivity index (χ0v) is 9.14. The second kappa shape index (κ2) is 6.50. The van der Waals surface area contributed by atoms with Crippen LogP contribution in [0, 0.1) is 6.92 Å². The largest absolute Gasteiger partial charge is 0.317 e. The summed E-state index contributed by atoms with van der Waals surface area (Å²) in [4.78, 5) is 24.9. The molecule has 0 spiro atoms. The van der Waals surface area contributed by atoms with Gasteiger partial charge in [0.15, 0.2) is 0 Å². The summed E-state index contributed by atoms with van der Waals surface area (Å²) in [6, 6.07) is 7.61. The Morgan fingerprint density at radius 1 is 1.38 bits per heavy atom. The summed E-state index contributed by atoms with van der Waals surface area (Å²) in [5.41, 5.74) is 1.83. The number of rotatable bonds is 5. The molecular formula is C12H14N2O2. The van der Waals surface area contributed by atoms with E-state index in [1.54, 1.807) is 0 Å². The monoisotopic (exact) mass is 218 g/mol. The first-order valence-corrected chi connectivity index (χ1v) is 5.05. The van der Waals surface area contributed by atoms with Crippen molar-refractivity contribution in [3.8, 4) is 0 Å². The van der Waals surface area contributed by atoms with E-state index < -0.39 is 0 Å². The van der Waals surface area contributed by atoms with Crippen LogP contribution in [0.5, 0.6) is 0 Å². The molecule has 1 aromatic rings. The zero-order valence-electron chi connectivity index (χ0n) is 9.14. The number of amidine groups is 1. The van der Waals surface area contributed by atoms with Gasteiger partial charge in [0.1, 0.15) is 12.1 Å². The van der Waals surface area contributed by atoms with Gasteiger partial charge in [-0.15, -0.1) is 0 Å². The fourth-order valence-electron chi connectivity index (χ4n) is 1.26. The van der Waals surface area contributed by atoms with Crippen LogP contribution in [0.25, 0.3) is 0 Å². The van der Waals surface area contributed by atoms with Gasteiger partial charge in [-0.2, -0.15) is 0 Å². The van der Waals surface area contributed by atoms with Gasteiger partial charge in [0.2, 0.25) is 6.41 Å². The summed E-state index contributed by atoms with van der Waals surface area (Å²) in [5, 5.41) is 2.50. The van der Waals surface area contributed by atoms with Crippen molar-refractivity contribution in [2.75, 3.05) is 0 Å². The first kappa shape index (κ1) is 12.1. The number of aliphatic imine (C=N–C) groups is 1. The number of hydrogen-bond donors (Lipinski definition) is 1. The molecule has 1 N–H and O–H groups in total. The molecule has 0 radical (unpaired) electrons. The molecule has 1 amide bonds. The molecule has 16 heavy (non-hydrogen) atoms. The standard InChI is InChI=1S/C12H14N2O2/c1-10-5-2-3-6-11(10)14-12(13-9-16)7-4-8-15/h2-3,5-6,8-9H,4,7H2,1H3,(H,13,14,16). The predicted molar refractivity (Wildman–Crippen MR) is 62.8 cm³/mol. The van der Waals surface area contributed by atoms with E-state index in [0.29, 0.717) is 25.1 Å². The van der Waals surface area contributed by atoms with Crippen molar-refractivity contribution in [3.05, 3.63) is 29.8 Å². The highest BCUT2D eigenvalue weighted by molar-refractivity contribution is 5.93. The number of aldehydes is 1. The van der Waals surface area contributed by atoms with E-state index in [0.717, 1.165) is 17.5 Å². The lowest BCUT2D eigenvalue weighted by Gasteiger charge is -2.04. The smallest absolute Gasteiger partial charge is 0.212 e. The SMILES string of the molecule is Cc1ccccc1N=C(CCC=O)NC=O. The van der Waals surface area contributed by atoms with Gasteiger partial charge < -0.3 is 10.1 Å². The first-order valence-electron chi connectivity index (χ1n) is 5.05. The first-order chi connectivity index (χ1) is 7.77. The molecule has 0 aliphatic rings. The van der Waals surface area contributed by atoms with E-state index in [2.05, 4.69) is 10.3 Å². The van der Waals surface area contributed by atoms with Gasteiger partial charge in [0, 0.05) is 12.8 Å². The van der Waals surface area contributed by atoms with Crippen molar-refractivity contribution < 1.29 is 9.59 Å². The van der Waals surface area contributed by atoms with Crippen molar-refractivity contribution >= 4 is 24.2 Å². The third-order valence-electron chi connectivity index (χ3n) is 2.10. The number of carbonyl (C=O) groups is 2. The maximum absolute atomic E-state index is 10.4. The molecule has 84 valence electrons. The molecule has 0 saturated carbocycles. The van der Waals surface area contributed by atoms with Gasteiger partial charge >= 0.3 is 0 Å². The van der Waals surface area contributed by atoms with Crippen LogP contribution in [-0.2, 0) is 9.59 Å². The molecule has 0 saturated heterocycles. The number of benzene rings is 1. The van der Waals surface area contributed by atoms with Gasteiger partial charge in [-0.1, -0.05) is 18.2 Å². The Balaban J connectivity index is 2.87. The molecule has 0 aliphatic carbocycles. The summed E-state index contributed by atoms with van der Waals surface area (Å²) in [6.45, 7) is 1.94. The van der Waals surface area contributed by atoms with Gasteiger partial charge in [-0.05, 0) is 18.6 Å². The Bertz CT molecular complexity index is 400. The number of nitrogens with one attached hydrogen (secondary N) is 1. The van der Waals surface area contributed by atoms with Crippen molar-refractivity contribution in [2.45, 2.75) is 19.8 Å². The van der Waals surface area contributed by atoms with Crippen LogP contribution in [-0.4, -0.2) is 18.5 Å². The maximum Gasteiger partial charge on any atom is 0.212 e. The summed E-state index contributed by atoms with van der Waals surface area (Å²) < 4.78 is 0. The molecular weight excluding hydrogens is 204 g/mol. The highest BCUT2D eigenvalue weighted by Crippen LogP contribution is 2.17. The number of amides is 1. The molecule has 1 rings (SSSR count). The van der Waals surface area contributed by atoms with E-state index in [1.807, 2.05) is 31.2 Å². The fraction of sp³-hybridized carbons (Fsp3) is 0.250. The second-order valence-electron chi connectivity index (χ2n) is 3.31. The van der Waals surface area contributed by atoms with Crippen LogP contribution < -0.4 is 5.32 Å². The second-order valence-corrected chi connectivity index (χ2v) is 3.31. The van der Waals surface area contributed by atoms with E-state index in [1.165, 1.54) is 0 Å². The number of para-hydroxylation sites is 1. The molecule has 0 unspecified atom stereocenters. The number of carbonyl (C=O) groups excluding carboxylic acids is 2.